The number of rotatable bonds is 13. The molecule has 3 amide bonds. The Labute approximate surface area is 191 Å². The van der Waals surface area contributed by atoms with E-state index in [1.807, 2.05) is 6.26 Å². The van der Waals surface area contributed by atoms with E-state index >= 15 is 0 Å². The van der Waals surface area contributed by atoms with Gasteiger partial charge in [0.05, 0.1) is 6.54 Å². The lowest BCUT2D eigenvalue weighted by Crippen LogP contribution is -2.57. The quantitative estimate of drug-likeness (QED) is 0.232. The molecule has 11 heteroatoms. The fraction of sp³-hybridized carbons (Fsp3) is 0.524. The van der Waals surface area contributed by atoms with Gasteiger partial charge in [0.2, 0.25) is 17.7 Å². The van der Waals surface area contributed by atoms with E-state index in [9.17, 15) is 29.4 Å². The molecule has 178 valence electrons. The Morgan fingerprint density at radius 2 is 1.59 bits per heavy atom. The van der Waals surface area contributed by atoms with E-state index in [0.717, 1.165) is 0 Å². The van der Waals surface area contributed by atoms with Crippen LogP contribution in [0.3, 0.4) is 0 Å². The fourth-order valence-electron chi connectivity index (χ4n) is 2.87. The molecule has 0 aliphatic rings. The van der Waals surface area contributed by atoms with Crippen LogP contribution < -0.4 is 21.7 Å². The highest BCUT2D eigenvalue weighted by molar-refractivity contribution is 7.98. The molecule has 0 saturated heterocycles. The van der Waals surface area contributed by atoms with E-state index < -0.39 is 41.8 Å². The minimum absolute atomic E-state index is 0.00568. The van der Waals surface area contributed by atoms with Crippen LogP contribution in [0.15, 0.2) is 24.3 Å². The minimum Gasteiger partial charge on any atom is -0.508 e. The van der Waals surface area contributed by atoms with Crippen LogP contribution in [0.5, 0.6) is 5.75 Å². The number of thioether (sulfide) groups is 1. The second kappa shape index (κ2) is 13.6. The van der Waals surface area contributed by atoms with E-state index in [2.05, 4.69) is 16.0 Å². The van der Waals surface area contributed by atoms with Crippen molar-refractivity contribution < 1.29 is 29.4 Å². The van der Waals surface area contributed by atoms with Crippen LogP contribution in [0.25, 0.3) is 0 Å². The van der Waals surface area contributed by atoms with Gasteiger partial charge >= 0.3 is 5.97 Å². The number of nitrogens with two attached hydrogens (primary N) is 1. The molecule has 1 aromatic rings. The number of aromatic hydroxyl groups is 1. The maximum absolute atomic E-state index is 12.9. The summed E-state index contributed by atoms with van der Waals surface area (Å²) in [7, 11) is 0. The predicted molar refractivity (Wildman–Crippen MR) is 122 cm³/mol. The summed E-state index contributed by atoms with van der Waals surface area (Å²) in [5.74, 6) is -2.56. The third-order valence-electron chi connectivity index (χ3n) is 4.69. The molecule has 0 aliphatic heterocycles. The van der Waals surface area contributed by atoms with Crippen LogP contribution >= 0.6 is 11.8 Å². The molecule has 3 unspecified atom stereocenters. The molecule has 0 aromatic heterocycles. The summed E-state index contributed by atoms with van der Waals surface area (Å²) in [6.45, 7) is 3.22. The first kappa shape index (κ1) is 27.2. The number of carboxylic acid groups (broad SMARTS) is 1. The smallest absolute Gasteiger partial charge is 0.326 e. The highest BCUT2D eigenvalue weighted by Crippen LogP contribution is 2.12. The Hall–Kier alpha value is -2.79. The normalized spacial score (nSPS) is 13.7. The molecule has 0 saturated carbocycles. The Bertz CT molecular complexity index is 787. The first-order valence-corrected chi connectivity index (χ1v) is 11.6. The van der Waals surface area contributed by atoms with Crippen LogP contribution in [0.1, 0.15) is 25.8 Å². The van der Waals surface area contributed by atoms with Gasteiger partial charge in [0.25, 0.3) is 0 Å². The monoisotopic (exact) mass is 468 g/mol. The zero-order chi connectivity index (χ0) is 24.3. The summed E-state index contributed by atoms with van der Waals surface area (Å²) in [4.78, 5) is 49.0. The average Bonchev–Trinajstić information content (AvgIpc) is 2.74. The van der Waals surface area contributed by atoms with Crippen LogP contribution in [-0.2, 0) is 25.6 Å². The van der Waals surface area contributed by atoms with Crippen molar-refractivity contribution in [2.75, 3.05) is 18.6 Å². The molecular weight excluding hydrogens is 436 g/mol. The van der Waals surface area contributed by atoms with Gasteiger partial charge in [-0.15, -0.1) is 0 Å². The molecule has 0 bridgehead atoms. The number of phenolic OH excluding ortho intramolecular Hbond substituents is 1. The number of carbonyl (C=O) groups excluding carboxylic acids is 3. The second-order valence-electron chi connectivity index (χ2n) is 7.61. The Morgan fingerprint density at radius 3 is 2.09 bits per heavy atom. The van der Waals surface area contributed by atoms with Gasteiger partial charge in [-0.05, 0) is 42.0 Å². The molecular formula is C21H32N4O6S. The second-order valence-corrected chi connectivity index (χ2v) is 8.59. The van der Waals surface area contributed by atoms with Crippen molar-refractivity contribution in [3.05, 3.63) is 29.8 Å². The van der Waals surface area contributed by atoms with E-state index in [-0.39, 0.29) is 31.1 Å². The van der Waals surface area contributed by atoms with Crippen molar-refractivity contribution in [3.63, 3.8) is 0 Å². The number of amides is 3. The number of benzene rings is 1. The zero-order valence-electron chi connectivity index (χ0n) is 18.5. The van der Waals surface area contributed by atoms with Crippen molar-refractivity contribution >= 4 is 35.5 Å². The fourth-order valence-corrected chi connectivity index (χ4v) is 3.34. The van der Waals surface area contributed by atoms with Gasteiger partial charge in [0, 0.05) is 6.42 Å². The Morgan fingerprint density at radius 1 is 1.00 bits per heavy atom. The molecule has 1 aromatic carbocycles. The van der Waals surface area contributed by atoms with Crippen molar-refractivity contribution in [3.8, 4) is 5.75 Å². The highest BCUT2D eigenvalue weighted by atomic mass is 32.2. The molecule has 0 spiro atoms. The van der Waals surface area contributed by atoms with Gasteiger partial charge in [-0.1, -0.05) is 26.0 Å². The molecule has 32 heavy (non-hydrogen) atoms. The molecule has 10 nitrogen and oxygen atoms in total. The zero-order valence-corrected chi connectivity index (χ0v) is 19.3. The number of hydrogen-bond donors (Lipinski definition) is 6. The van der Waals surface area contributed by atoms with E-state index in [1.165, 1.54) is 23.9 Å². The molecule has 1 rings (SSSR count). The third-order valence-corrected chi connectivity index (χ3v) is 5.33. The minimum atomic E-state index is -1.23. The highest BCUT2D eigenvalue weighted by Gasteiger charge is 2.30. The van der Waals surface area contributed by atoms with Gasteiger partial charge < -0.3 is 31.9 Å². The van der Waals surface area contributed by atoms with Crippen molar-refractivity contribution in [2.45, 2.75) is 44.8 Å². The van der Waals surface area contributed by atoms with Gasteiger partial charge in [-0.25, -0.2) is 4.79 Å². The number of carbonyl (C=O) groups is 4. The number of phenols is 1. The first-order valence-electron chi connectivity index (χ1n) is 10.2. The SMILES string of the molecule is CSCCC(NC(=O)C(NC(=O)CN)C(C)C)C(=O)NC(Cc1ccc(O)cc1)C(=O)O. The van der Waals surface area contributed by atoms with Gasteiger partial charge in [-0.3, -0.25) is 14.4 Å². The van der Waals surface area contributed by atoms with Crippen molar-refractivity contribution in [2.24, 2.45) is 11.7 Å². The van der Waals surface area contributed by atoms with Crippen LogP contribution in [0.4, 0.5) is 0 Å². The van der Waals surface area contributed by atoms with Crippen LogP contribution in [-0.4, -0.2) is 70.6 Å². The lowest BCUT2D eigenvalue weighted by Gasteiger charge is -2.26. The molecule has 0 radical (unpaired) electrons. The number of hydrogen-bond acceptors (Lipinski definition) is 7. The largest absolute Gasteiger partial charge is 0.508 e. The van der Waals surface area contributed by atoms with E-state index in [4.69, 9.17) is 5.73 Å². The third kappa shape index (κ3) is 9.15. The molecule has 0 aliphatic carbocycles. The lowest BCUT2D eigenvalue weighted by atomic mass is 10.0. The van der Waals surface area contributed by atoms with Crippen molar-refractivity contribution in [1.82, 2.24) is 16.0 Å². The standard InChI is InChI=1S/C21H32N4O6S/c1-12(2)18(25-17(27)11-22)20(29)23-15(8-9-32-3)19(28)24-16(21(30)31)10-13-4-6-14(26)7-5-13/h4-7,12,15-16,18,26H,8-11,22H2,1-3H3,(H,23,29)(H,24,28)(H,25,27)(H,30,31). The first-order chi connectivity index (χ1) is 15.1. The summed E-state index contributed by atoms with van der Waals surface area (Å²) in [5, 5.41) is 26.6. The predicted octanol–water partition coefficient (Wildman–Crippen LogP) is -0.158. The molecule has 3 atom stereocenters. The summed E-state index contributed by atoms with van der Waals surface area (Å²) >= 11 is 1.48. The summed E-state index contributed by atoms with van der Waals surface area (Å²) in [5.41, 5.74) is 5.93. The maximum Gasteiger partial charge on any atom is 0.326 e. The van der Waals surface area contributed by atoms with Gasteiger partial charge in [0.1, 0.15) is 23.9 Å². The van der Waals surface area contributed by atoms with Crippen molar-refractivity contribution in [1.29, 1.82) is 0 Å². The lowest BCUT2D eigenvalue weighted by molar-refractivity contribution is -0.142. The summed E-state index contributed by atoms with van der Waals surface area (Å²) in [6, 6.07) is 2.91. The molecule has 0 fully saturated rings. The van der Waals surface area contributed by atoms with E-state index in [0.29, 0.717) is 11.3 Å². The summed E-state index contributed by atoms with van der Waals surface area (Å²) < 4.78 is 0. The number of aliphatic carboxylic acids is 1. The number of carboxylic acids is 1. The topological polar surface area (TPSA) is 171 Å². The van der Waals surface area contributed by atoms with Gasteiger partial charge in [0.15, 0.2) is 0 Å². The molecule has 7 N–H and O–H groups in total. The summed E-state index contributed by atoms with van der Waals surface area (Å²) in [6.07, 6.45) is 2.13. The van der Waals surface area contributed by atoms with Gasteiger partial charge in [-0.2, -0.15) is 11.8 Å². The van der Waals surface area contributed by atoms with E-state index in [1.54, 1.807) is 26.0 Å². The Kier molecular flexibility index (Phi) is 11.6. The number of nitrogens with one attached hydrogen (secondary N) is 3. The maximum atomic E-state index is 12.9. The Balaban J connectivity index is 2.93. The average molecular weight is 469 g/mol. The van der Waals surface area contributed by atoms with Crippen LogP contribution in [0.2, 0.25) is 0 Å². The van der Waals surface area contributed by atoms with Crippen LogP contribution in [0, 0.1) is 5.92 Å². The molecule has 0 heterocycles.